The zero-order valence-corrected chi connectivity index (χ0v) is 42.5. The van der Waals surface area contributed by atoms with Crippen LogP contribution >= 0.6 is 7.82 Å². The highest BCUT2D eigenvalue weighted by atomic mass is 31.2. The molecule has 9 aromatic carbocycles. The maximum absolute atomic E-state index is 17.1. The van der Waals surface area contributed by atoms with Crippen molar-refractivity contribution in [2.45, 2.75) is 62.3 Å². The van der Waals surface area contributed by atoms with Gasteiger partial charge in [-0.05, 0) is 165 Å². The van der Waals surface area contributed by atoms with Crippen molar-refractivity contribution in [2.24, 2.45) is 0 Å². The molecule has 0 saturated heterocycles. The zero-order chi connectivity index (χ0) is 49.8. The minimum absolute atomic E-state index is 0.185. The van der Waals surface area contributed by atoms with Gasteiger partial charge in [0.25, 0.3) is 0 Å². The van der Waals surface area contributed by atoms with Gasteiger partial charge in [0.15, 0.2) is 34.5 Å². The summed E-state index contributed by atoms with van der Waals surface area (Å²) >= 11 is 0. The molecule has 0 aliphatic carbocycles. The molecule has 0 amide bonds. The average Bonchev–Trinajstić information content (AvgIpc) is 3.40. The highest BCUT2D eigenvalue weighted by Gasteiger charge is 2.42. The number of benzene rings is 9. The van der Waals surface area contributed by atoms with Gasteiger partial charge in [-0.2, -0.15) is 4.57 Å². The molecule has 8 heteroatoms. The van der Waals surface area contributed by atoms with Gasteiger partial charge in [-0.1, -0.05) is 146 Å². The van der Waals surface area contributed by atoms with Gasteiger partial charge < -0.3 is 27.8 Å². The lowest BCUT2D eigenvalue weighted by molar-refractivity contribution is 0.282. The van der Waals surface area contributed by atoms with Crippen LogP contribution in [-0.4, -0.2) is 0 Å². The summed E-state index contributed by atoms with van der Waals surface area (Å²) in [4.78, 5) is 0. The molecule has 0 fully saturated rings. The van der Waals surface area contributed by atoms with Gasteiger partial charge in [0, 0.05) is 16.7 Å². The van der Waals surface area contributed by atoms with Crippen LogP contribution in [0.1, 0.15) is 50.1 Å². The molecular formula is C63H57O7P. The quantitative estimate of drug-likeness (QED) is 0.0948. The number of rotatable bonds is 15. The second-order valence-corrected chi connectivity index (χ2v) is 19.2. The molecule has 9 rings (SSSR count). The molecule has 71 heavy (non-hydrogen) atoms. The van der Waals surface area contributed by atoms with E-state index in [4.69, 9.17) is 27.8 Å². The highest BCUT2D eigenvalue weighted by molar-refractivity contribution is 7.49. The first-order valence-electron chi connectivity index (χ1n) is 23.8. The van der Waals surface area contributed by atoms with Crippen LogP contribution < -0.4 is 27.8 Å². The molecule has 0 saturated carbocycles. The first-order valence-corrected chi connectivity index (χ1v) is 25.2. The van der Waals surface area contributed by atoms with Gasteiger partial charge in [0.1, 0.15) is 17.2 Å². The maximum Gasteiger partial charge on any atom is 0.647 e. The lowest BCUT2D eigenvalue weighted by Crippen LogP contribution is -2.14. The lowest BCUT2D eigenvalue weighted by atomic mass is 9.92. The van der Waals surface area contributed by atoms with E-state index in [1.807, 2.05) is 224 Å². The van der Waals surface area contributed by atoms with E-state index in [1.165, 1.54) is 0 Å². The fourth-order valence-corrected chi connectivity index (χ4v) is 10.4. The van der Waals surface area contributed by atoms with Crippen molar-refractivity contribution in [3.63, 3.8) is 0 Å². The molecule has 0 aliphatic heterocycles. The molecule has 0 heterocycles. The molecule has 356 valence electrons. The summed E-state index contributed by atoms with van der Waals surface area (Å²) in [7, 11) is -5.04. The summed E-state index contributed by atoms with van der Waals surface area (Å²) in [6, 6.07) is 58.5. The van der Waals surface area contributed by atoms with Gasteiger partial charge in [0.2, 0.25) is 0 Å². The second-order valence-electron chi connectivity index (χ2n) is 17.8. The predicted octanol–water partition coefficient (Wildman–Crippen LogP) is 18.5. The topological polar surface area (TPSA) is 72.5 Å². The number of para-hydroxylation sites is 3. The van der Waals surface area contributed by atoms with E-state index in [-0.39, 0.29) is 17.2 Å². The largest absolute Gasteiger partial charge is 0.647 e. The Balaban J connectivity index is 1.36. The van der Waals surface area contributed by atoms with Crippen LogP contribution in [0.5, 0.6) is 51.7 Å². The van der Waals surface area contributed by atoms with Gasteiger partial charge in [-0.25, -0.2) is 0 Å². The van der Waals surface area contributed by atoms with E-state index in [0.717, 1.165) is 66.8 Å². The fraction of sp³-hybridized carbons (Fsp3) is 0.143. The van der Waals surface area contributed by atoms with Crippen LogP contribution in [0.3, 0.4) is 0 Å². The summed E-state index contributed by atoms with van der Waals surface area (Å²) in [5, 5.41) is 0. The first-order chi connectivity index (χ1) is 34.3. The van der Waals surface area contributed by atoms with Crippen LogP contribution in [0, 0.1) is 62.3 Å². The molecule has 0 bridgehead atoms. The van der Waals surface area contributed by atoms with E-state index in [0.29, 0.717) is 51.2 Å². The Morgan fingerprint density at radius 1 is 0.254 bits per heavy atom. The summed E-state index contributed by atoms with van der Waals surface area (Å²) in [5.74, 6) is 3.27. The Labute approximate surface area is 417 Å². The first kappa shape index (κ1) is 48.1. The molecule has 9 aromatic rings. The van der Waals surface area contributed by atoms with E-state index in [1.54, 1.807) is 0 Å². The molecule has 0 spiro atoms. The molecule has 0 unspecified atom stereocenters. The smallest absolute Gasteiger partial charge is 0.453 e. The minimum atomic E-state index is -5.04. The second kappa shape index (κ2) is 20.5. The number of hydrogen-bond donors (Lipinski definition) is 0. The van der Waals surface area contributed by atoms with Crippen molar-refractivity contribution in [3.05, 3.63) is 232 Å². The number of phosphoric ester groups is 1. The van der Waals surface area contributed by atoms with Gasteiger partial charge in [-0.15, -0.1) is 0 Å². The van der Waals surface area contributed by atoms with E-state index >= 15 is 4.57 Å². The molecule has 0 aliphatic rings. The van der Waals surface area contributed by atoms with Crippen molar-refractivity contribution >= 4 is 7.82 Å². The minimum Gasteiger partial charge on any atom is -0.453 e. The van der Waals surface area contributed by atoms with Crippen molar-refractivity contribution in [2.75, 3.05) is 0 Å². The van der Waals surface area contributed by atoms with Crippen LogP contribution in [0.25, 0.3) is 33.4 Å². The Kier molecular flexibility index (Phi) is 13.9. The van der Waals surface area contributed by atoms with Crippen molar-refractivity contribution in [3.8, 4) is 85.1 Å². The standard InChI is InChI=1S/C63H57O7P/c1-40-43(4)55(49-28-16-10-17-29-49)61(65-52-34-22-13-23-35-52)58(46(40)7)68-71(64,69-59-47(8)41(2)44(5)56(50-30-18-11-19-31-50)62(59)66-53-36-24-14-25-37-53)70-60-48(9)42(3)45(6)57(51-32-20-12-21-33-51)63(60)67-54-38-26-15-27-39-54/h10-39H,1-9H3. The van der Waals surface area contributed by atoms with Gasteiger partial charge in [-0.3, -0.25) is 0 Å². The molecule has 0 radical (unpaired) electrons. The maximum atomic E-state index is 17.1. The van der Waals surface area contributed by atoms with E-state index in [2.05, 4.69) is 20.8 Å². The Morgan fingerprint density at radius 2 is 0.465 bits per heavy atom. The molecule has 7 nitrogen and oxygen atoms in total. The average molecular weight is 957 g/mol. The Hall–Kier alpha value is -7.99. The van der Waals surface area contributed by atoms with Crippen LogP contribution in [0.4, 0.5) is 0 Å². The third-order valence-electron chi connectivity index (χ3n) is 13.5. The summed E-state index contributed by atoms with van der Waals surface area (Å²) < 4.78 is 59.4. The monoisotopic (exact) mass is 956 g/mol. The van der Waals surface area contributed by atoms with Crippen molar-refractivity contribution < 1.29 is 32.3 Å². The highest BCUT2D eigenvalue weighted by Crippen LogP contribution is 2.62. The van der Waals surface area contributed by atoms with Crippen LogP contribution in [0.15, 0.2) is 182 Å². The number of phosphoric acid groups is 1. The van der Waals surface area contributed by atoms with E-state index in [9.17, 15) is 0 Å². The molecule has 0 aromatic heterocycles. The summed E-state index contributed by atoms with van der Waals surface area (Å²) in [6.45, 7) is 18.1. The van der Waals surface area contributed by atoms with Crippen molar-refractivity contribution in [1.82, 2.24) is 0 Å². The summed E-state index contributed by atoms with van der Waals surface area (Å²) in [6.07, 6.45) is 0. The van der Waals surface area contributed by atoms with Crippen LogP contribution in [0.2, 0.25) is 0 Å². The SMILES string of the molecule is Cc1c(C)c(OP(=O)(Oc2c(C)c(C)c(C)c(-c3ccccc3)c2Oc2ccccc2)Oc2c(C)c(C)c(C)c(-c3ccccc3)c2Oc2ccccc2)c(Oc2ccccc2)c(-c2ccccc2)c1C. The zero-order valence-electron chi connectivity index (χ0n) is 41.6. The normalized spacial score (nSPS) is 11.2. The van der Waals surface area contributed by atoms with Gasteiger partial charge >= 0.3 is 7.82 Å². The fourth-order valence-electron chi connectivity index (χ4n) is 8.97. The van der Waals surface area contributed by atoms with Crippen LogP contribution in [-0.2, 0) is 4.57 Å². The molecule has 0 N–H and O–H groups in total. The van der Waals surface area contributed by atoms with E-state index < -0.39 is 7.82 Å². The molecule has 0 atom stereocenters. The summed E-state index contributed by atoms with van der Waals surface area (Å²) in [5.41, 5.74) is 12.6. The Morgan fingerprint density at radius 3 is 0.690 bits per heavy atom. The Bertz CT molecular complexity index is 3040. The number of hydrogen-bond acceptors (Lipinski definition) is 7. The number of ether oxygens (including phenoxy) is 3. The third-order valence-corrected chi connectivity index (χ3v) is 14.7. The van der Waals surface area contributed by atoms with Gasteiger partial charge in [0.05, 0.1) is 0 Å². The predicted molar refractivity (Wildman–Crippen MR) is 287 cm³/mol. The van der Waals surface area contributed by atoms with Crippen molar-refractivity contribution in [1.29, 1.82) is 0 Å². The molecular weight excluding hydrogens is 900 g/mol. The lowest BCUT2D eigenvalue weighted by Gasteiger charge is -2.29. The third kappa shape index (κ3) is 9.79.